The smallest absolute Gasteiger partial charge is 0.227 e. The number of aromatic nitrogens is 2. The number of amides is 1. The standard InChI is InChI=1S/C20H23N3O/c1-15(12-17-8-6-7-11-21-17)23(3)20(24)13-16-14-22(2)19-10-5-4-9-18(16)19/h4-11,14-15H,12-13H2,1-3H3. The van der Waals surface area contributed by atoms with Crippen LogP contribution in [0.3, 0.4) is 0 Å². The van der Waals surface area contributed by atoms with Crippen molar-refractivity contribution in [3.8, 4) is 0 Å². The van der Waals surface area contributed by atoms with Crippen molar-refractivity contribution in [3.63, 3.8) is 0 Å². The minimum absolute atomic E-state index is 0.113. The maximum absolute atomic E-state index is 12.7. The fourth-order valence-corrected chi connectivity index (χ4v) is 3.06. The molecular weight excluding hydrogens is 298 g/mol. The third-order valence-corrected chi connectivity index (χ3v) is 4.61. The lowest BCUT2D eigenvalue weighted by Gasteiger charge is -2.24. The Morgan fingerprint density at radius 2 is 1.96 bits per heavy atom. The van der Waals surface area contributed by atoms with Crippen LogP contribution in [0.15, 0.2) is 54.9 Å². The Kier molecular flexibility index (Phi) is 4.65. The summed E-state index contributed by atoms with van der Waals surface area (Å²) in [5, 5.41) is 1.15. The minimum atomic E-state index is 0.113. The van der Waals surface area contributed by atoms with Gasteiger partial charge in [0.2, 0.25) is 5.91 Å². The van der Waals surface area contributed by atoms with Gasteiger partial charge in [-0.25, -0.2) is 0 Å². The molecule has 0 aliphatic rings. The molecule has 3 rings (SSSR count). The van der Waals surface area contributed by atoms with Gasteiger partial charge >= 0.3 is 0 Å². The van der Waals surface area contributed by atoms with Crippen molar-refractivity contribution < 1.29 is 4.79 Å². The van der Waals surface area contributed by atoms with E-state index in [1.807, 2.05) is 49.3 Å². The molecule has 4 nitrogen and oxygen atoms in total. The number of likely N-dealkylation sites (N-methyl/N-ethyl adjacent to an activating group) is 1. The lowest BCUT2D eigenvalue weighted by Crippen LogP contribution is -2.37. The molecule has 4 heteroatoms. The molecule has 0 saturated carbocycles. The van der Waals surface area contributed by atoms with Crippen LogP contribution in [-0.4, -0.2) is 33.4 Å². The monoisotopic (exact) mass is 321 g/mol. The number of aryl methyl sites for hydroxylation is 1. The second-order valence-electron chi connectivity index (χ2n) is 6.34. The highest BCUT2D eigenvalue weighted by Crippen LogP contribution is 2.21. The molecule has 124 valence electrons. The van der Waals surface area contributed by atoms with E-state index in [0.717, 1.165) is 28.6 Å². The Labute approximate surface area is 142 Å². The molecule has 0 aliphatic carbocycles. The predicted octanol–water partition coefficient (Wildman–Crippen LogP) is 3.21. The normalized spacial score (nSPS) is 12.3. The van der Waals surface area contributed by atoms with Crippen LogP contribution in [0, 0.1) is 0 Å². The highest BCUT2D eigenvalue weighted by atomic mass is 16.2. The summed E-state index contributed by atoms with van der Waals surface area (Å²) in [5.41, 5.74) is 3.24. The molecule has 3 aromatic rings. The van der Waals surface area contributed by atoms with Crippen molar-refractivity contribution in [3.05, 3.63) is 66.1 Å². The maximum atomic E-state index is 12.7. The zero-order chi connectivity index (χ0) is 17.1. The largest absolute Gasteiger partial charge is 0.350 e. The van der Waals surface area contributed by atoms with Gasteiger partial charge in [-0.05, 0) is 30.7 Å². The minimum Gasteiger partial charge on any atom is -0.350 e. The van der Waals surface area contributed by atoms with Crippen LogP contribution >= 0.6 is 0 Å². The molecule has 0 fully saturated rings. The number of carbonyl (C=O) groups is 1. The summed E-state index contributed by atoms with van der Waals surface area (Å²) < 4.78 is 2.08. The van der Waals surface area contributed by atoms with Crippen molar-refractivity contribution in [2.24, 2.45) is 7.05 Å². The van der Waals surface area contributed by atoms with Gasteiger partial charge in [0.15, 0.2) is 0 Å². The number of benzene rings is 1. The molecule has 1 atom stereocenters. The Bertz CT molecular complexity index is 838. The fourth-order valence-electron chi connectivity index (χ4n) is 3.06. The van der Waals surface area contributed by atoms with E-state index >= 15 is 0 Å². The van der Waals surface area contributed by atoms with Crippen molar-refractivity contribution in [1.82, 2.24) is 14.5 Å². The number of pyridine rings is 1. The maximum Gasteiger partial charge on any atom is 0.227 e. The number of nitrogens with zero attached hydrogens (tertiary/aromatic N) is 3. The van der Waals surface area contributed by atoms with Gasteiger partial charge in [-0.2, -0.15) is 0 Å². The van der Waals surface area contributed by atoms with E-state index in [9.17, 15) is 4.79 Å². The van der Waals surface area contributed by atoms with Gasteiger partial charge in [-0.1, -0.05) is 24.3 Å². The number of carbonyl (C=O) groups excluding carboxylic acids is 1. The summed E-state index contributed by atoms with van der Waals surface area (Å²) in [4.78, 5) is 18.9. The van der Waals surface area contributed by atoms with Crippen molar-refractivity contribution in [2.45, 2.75) is 25.8 Å². The third-order valence-electron chi connectivity index (χ3n) is 4.61. The quantitative estimate of drug-likeness (QED) is 0.724. The first-order valence-corrected chi connectivity index (χ1v) is 8.24. The van der Waals surface area contributed by atoms with Gasteiger partial charge in [0, 0.05) is 55.5 Å². The van der Waals surface area contributed by atoms with E-state index in [0.29, 0.717) is 6.42 Å². The summed E-state index contributed by atoms with van der Waals surface area (Å²) >= 11 is 0. The lowest BCUT2D eigenvalue weighted by atomic mass is 10.1. The van der Waals surface area contributed by atoms with Gasteiger partial charge in [0.1, 0.15) is 0 Å². The highest BCUT2D eigenvalue weighted by Gasteiger charge is 2.18. The number of hydrogen-bond acceptors (Lipinski definition) is 2. The molecular formula is C20H23N3O. The van der Waals surface area contributed by atoms with Crippen LogP contribution in [0.25, 0.3) is 10.9 Å². The Balaban J connectivity index is 1.71. The lowest BCUT2D eigenvalue weighted by molar-refractivity contribution is -0.130. The molecule has 0 spiro atoms. The van der Waals surface area contributed by atoms with Crippen LogP contribution in [0.5, 0.6) is 0 Å². The van der Waals surface area contributed by atoms with E-state index in [-0.39, 0.29) is 11.9 Å². The van der Waals surface area contributed by atoms with Crippen LogP contribution in [0.4, 0.5) is 0 Å². The molecule has 0 N–H and O–H groups in total. The molecule has 0 saturated heterocycles. The fraction of sp³-hybridized carbons (Fsp3) is 0.300. The van der Waals surface area contributed by atoms with Crippen molar-refractivity contribution >= 4 is 16.8 Å². The first-order chi connectivity index (χ1) is 11.6. The van der Waals surface area contributed by atoms with E-state index in [4.69, 9.17) is 0 Å². The SMILES string of the molecule is CC(Cc1ccccn1)N(C)C(=O)Cc1cn(C)c2ccccc12. The molecule has 1 amide bonds. The van der Waals surface area contributed by atoms with Crippen LogP contribution in [0.2, 0.25) is 0 Å². The first-order valence-electron chi connectivity index (χ1n) is 8.24. The Morgan fingerprint density at radius 3 is 2.71 bits per heavy atom. The zero-order valence-electron chi connectivity index (χ0n) is 14.4. The van der Waals surface area contributed by atoms with E-state index < -0.39 is 0 Å². The van der Waals surface area contributed by atoms with Crippen molar-refractivity contribution in [1.29, 1.82) is 0 Å². The molecule has 0 radical (unpaired) electrons. The summed E-state index contributed by atoms with van der Waals surface area (Å²) in [6, 6.07) is 14.2. The first kappa shape index (κ1) is 16.2. The van der Waals surface area contributed by atoms with Gasteiger partial charge in [-0.3, -0.25) is 9.78 Å². The number of fused-ring (bicyclic) bond motifs is 1. The molecule has 1 unspecified atom stereocenters. The topological polar surface area (TPSA) is 38.1 Å². The second kappa shape index (κ2) is 6.87. The van der Waals surface area contributed by atoms with Gasteiger partial charge in [0.05, 0.1) is 6.42 Å². The summed E-state index contributed by atoms with van der Waals surface area (Å²) in [6.07, 6.45) is 5.03. The molecule has 0 bridgehead atoms. The summed E-state index contributed by atoms with van der Waals surface area (Å²) in [5.74, 6) is 0.134. The van der Waals surface area contributed by atoms with Crippen LogP contribution in [0.1, 0.15) is 18.2 Å². The van der Waals surface area contributed by atoms with Crippen LogP contribution < -0.4 is 0 Å². The number of hydrogen-bond donors (Lipinski definition) is 0. The zero-order valence-corrected chi connectivity index (χ0v) is 14.4. The second-order valence-corrected chi connectivity index (χ2v) is 6.34. The summed E-state index contributed by atoms with van der Waals surface area (Å²) in [7, 11) is 3.89. The molecule has 0 aliphatic heterocycles. The van der Waals surface area contributed by atoms with Gasteiger partial charge < -0.3 is 9.47 Å². The Hall–Kier alpha value is -2.62. The average molecular weight is 321 g/mol. The number of rotatable bonds is 5. The highest BCUT2D eigenvalue weighted by molar-refractivity contribution is 5.89. The molecule has 24 heavy (non-hydrogen) atoms. The molecule has 1 aromatic carbocycles. The molecule has 2 heterocycles. The van der Waals surface area contributed by atoms with Crippen molar-refractivity contribution in [2.75, 3.05) is 7.05 Å². The van der Waals surface area contributed by atoms with E-state index in [2.05, 4.69) is 34.8 Å². The van der Waals surface area contributed by atoms with Crippen LogP contribution in [-0.2, 0) is 24.7 Å². The van der Waals surface area contributed by atoms with E-state index in [1.54, 1.807) is 6.20 Å². The number of para-hydroxylation sites is 1. The predicted molar refractivity (Wildman–Crippen MR) is 96.8 cm³/mol. The van der Waals surface area contributed by atoms with Gasteiger partial charge in [-0.15, -0.1) is 0 Å². The van der Waals surface area contributed by atoms with E-state index in [1.165, 1.54) is 0 Å². The molecule has 2 aromatic heterocycles. The Morgan fingerprint density at radius 1 is 1.21 bits per heavy atom. The summed E-state index contributed by atoms with van der Waals surface area (Å²) in [6.45, 7) is 2.07. The third kappa shape index (κ3) is 3.32. The van der Waals surface area contributed by atoms with Gasteiger partial charge in [0.25, 0.3) is 0 Å². The average Bonchev–Trinajstić information content (AvgIpc) is 2.91.